The van der Waals surface area contributed by atoms with E-state index < -0.39 is 6.10 Å². The summed E-state index contributed by atoms with van der Waals surface area (Å²) >= 11 is 0. The Hall–Kier alpha value is -2.82. The molecule has 0 bridgehead atoms. The van der Waals surface area contributed by atoms with E-state index in [0.717, 1.165) is 31.5 Å². The fourth-order valence-electron chi connectivity index (χ4n) is 3.34. The van der Waals surface area contributed by atoms with Gasteiger partial charge in [0.25, 0.3) is 11.8 Å². The van der Waals surface area contributed by atoms with Crippen LogP contribution in [0.5, 0.6) is 5.75 Å². The molecule has 1 atom stereocenters. The zero-order valence-corrected chi connectivity index (χ0v) is 16.6. The fraction of sp³-hybridized carbons (Fsp3) is 0.391. The molecule has 2 aromatic rings. The predicted molar refractivity (Wildman–Crippen MR) is 111 cm³/mol. The summed E-state index contributed by atoms with van der Waals surface area (Å²) in [5.41, 5.74) is 2.39. The number of hydrogen-bond acceptors (Lipinski definition) is 3. The van der Waals surface area contributed by atoms with Crippen LogP contribution in [0.2, 0.25) is 0 Å². The molecule has 1 unspecified atom stereocenters. The van der Waals surface area contributed by atoms with Gasteiger partial charge in [-0.1, -0.05) is 25.0 Å². The topological polar surface area (TPSA) is 58.6 Å². The quantitative estimate of drug-likeness (QED) is 0.835. The van der Waals surface area contributed by atoms with Gasteiger partial charge in [-0.15, -0.1) is 0 Å². The lowest BCUT2D eigenvalue weighted by atomic mass is 10.1. The number of ether oxygens (including phenoxy) is 1. The summed E-state index contributed by atoms with van der Waals surface area (Å²) in [4.78, 5) is 27.0. The second kappa shape index (κ2) is 9.40. The Morgan fingerprint density at radius 3 is 2.32 bits per heavy atom. The Balaban J connectivity index is 1.57. The van der Waals surface area contributed by atoms with Crippen LogP contribution in [0.3, 0.4) is 0 Å². The molecule has 2 aromatic carbocycles. The van der Waals surface area contributed by atoms with E-state index >= 15 is 0 Å². The molecule has 3 rings (SSSR count). The molecule has 0 radical (unpaired) electrons. The van der Waals surface area contributed by atoms with Gasteiger partial charge in [0, 0.05) is 24.3 Å². The number of amides is 2. The van der Waals surface area contributed by atoms with Crippen LogP contribution in [-0.4, -0.2) is 35.9 Å². The third-order valence-corrected chi connectivity index (χ3v) is 4.96. The second-order valence-electron chi connectivity index (χ2n) is 7.35. The van der Waals surface area contributed by atoms with Gasteiger partial charge in [-0.25, -0.2) is 0 Å². The normalized spacial score (nSPS) is 15.4. The molecule has 0 aliphatic carbocycles. The molecule has 5 heteroatoms. The molecule has 1 aliphatic heterocycles. The molecule has 0 spiro atoms. The Bertz CT molecular complexity index is 809. The number of aryl methyl sites for hydroxylation is 1. The highest BCUT2D eigenvalue weighted by Crippen LogP contribution is 2.17. The van der Waals surface area contributed by atoms with Crippen LogP contribution in [0.1, 0.15) is 48.5 Å². The molecule has 1 aliphatic rings. The average molecular weight is 380 g/mol. The summed E-state index contributed by atoms with van der Waals surface area (Å²) in [6.45, 7) is 5.34. The summed E-state index contributed by atoms with van der Waals surface area (Å²) < 4.78 is 5.71. The first-order valence-corrected chi connectivity index (χ1v) is 9.96. The number of likely N-dealkylation sites (tertiary alicyclic amines) is 1. The average Bonchev–Trinajstić information content (AvgIpc) is 2.97. The second-order valence-corrected chi connectivity index (χ2v) is 7.35. The number of carbonyl (C=O) groups excluding carboxylic acids is 2. The first-order valence-electron chi connectivity index (χ1n) is 9.96. The molecule has 5 nitrogen and oxygen atoms in total. The minimum absolute atomic E-state index is 0.0657. The number of nitrogens with zero attached hydrogens (tertiary/aromatic N) is 1. The Kier molecular flexibility index (Phi) is 6.69. The van der Waals surface area contributed by atoms with E-state index in [0.29, 0.717) is 17.0 Å². The van der Waals surface area contributed by atoms with Gasteiger partial charge in [0.2, 0.25) is 0 Å². The van der Waals surface area contributed by atoms with Crippen molar-refractivity contribution < 1.29 is 14.3 Å². The molecular weight excluding hydrogens is 352 g/mol. The highest BCUT2D eigenvalue weighted by Gasteiger charge is 2.18. The van der Waals surface area contributed by atoms with Crippen LogP contribution in [0.25, 0.3) is 0 Å². The van der Waals surface area contributed by atoms with Crippen molar-refractivity contribution in [2.75, 3.05) is 18.4 Å². The lowest BCUT2D eigenvalue weighted by molar-refractivity contribution is -0.122. The van der Waals surface area contributed by atoms with E-state index in [-0.39, 0.29) is 11.8 Å². The molecule has 1 N–H and O–H groups in total. The first-order chi connectivity index (χ1) is 13.5. The molecule has 28 heavy (non-hydrogen) atoms. The minimum atomic E-state index is -0.625. The monoisotopic (exact) mass is 380 g/mol. The van der Waals surface area contributed by atoms with Crippen molar-refractivity contribution in [1.29, 1.82) is 0 Å². The summed E-state index contributed by atoms with van der Waals surface area (Å²) in [5.74, 6) is 0.505. The minimum Gasteiger partial charge on any atom is -0.481 e. The molecule has 1 saturated heterocycles. The number of hydrogen-bond donors (Lipinski definition) is 1. The van der Waals surface area contributed by atoms with Crippen molar-refractivity contribution >= 4 is 17.5 Å². The Morgan fingerprint density at radius 2 is 1.68 bits per heavy atom. The van der Waals surface area contributed by atoms with Crippen LogP contribution in [0.4, 0.5) is 5.69 Å². The predicted octanol–water partition coefficient (Wildman–Crippen LogP) is 4.42. The molecule has 1 fully saturated rings. The third kappa shape index (κ3) is 5.35. The zero-order valence-electron chi connectivity index (χ0n) is 16.6. The highest BCUT2D eigenvalue weighted by atomic mass is 16.5. The number of benzene rings is 2. The molecule has 148 valence electrons. The van der Waals surface area contributed by atoms with E-state index in [1.54, 1.807) is 31.2 Å². The van der Waals surface area contributed by atoms with Crippen molar-refractivity contribution in [2.45, 2.75) is 45.6 Å². The van der Waals surface area contributed by atoms with Crippen LogP contribution in [0, 0.1) is 6.92 Å². The molecule has 1 heterocycles. The number of carbonyl (C=O) groups is 2. The SMILES string of the molecule is Cc1cccc(OC(C)C(=O)Nc2ccc(C(=O)N3CCCCCC3)cc2)c1. The van der Waals surface area contributed by atoms with Crippen LogP contribution in [-0.2, 0) is 4.79 Å². The van der Waals surface area contributed by atoms with Crippen molar-refractivity contribution in [3.8, 4) is 5.75 Å². The lowest BCUT2D eigenvalue weighted by Crippen LogP contribution is -2.32. The van der Waals surface area contributed by atoms with Crippen LogP contribution >= 0.6 is 0 Å². The number of rotatable bonds is 5. The van der Waals surface area contributed by atoms with Gasteiger partial charge < -0.3 is 15.0 Å². The maximum atomic E-state index is 12.6. The van der Waals surface area contributed by atoms with Crippen molar-refractivity contribution in [3.63, 3.8) is 0 Å². The van der Waals surface area contributed by atoms with Gasteiger partial charge in [-0.3, -0.25) is 9.59 Å². The Labute approximate surface area is 166 Å². The lowest BCUT2D eigenvalue weighted by Gasteiger charge is -2.20. The number of anilines is 1. The smallest absolute Gasteiger partial charge is 0.265 e. The fourth-order valence-corrected chi connectivity index (χ4v) is 3.34. The molecular formula is C23H28N2O3. The summed E-state index contributed by atoms with van der Waals surface area (Å²) in [5, 5.41) is 2.84. The molecule has 0 saturated carbocycles. The van der Waals surface area contributed by atoms with Crippen LogP contribution in [0.15, 0.2) is 48.5 Å². The largest absolute Gasteiger partial charge is 0.481 e. The van der Waals surface area contributed by atoms with Crippen molar-refractivity contribution in [3.05, 3.63) is 59.7 Å². The van der Waals surface area contributed by atoms with E-state index in [2.05, 4.69) is 5.32 Å². The summed E-state index contributed by atoms with van der Waals surface area (Å²) in [6, 6.07) is 14.7. The van der Waals surface area contributed by atoms with Gasteiger partial charge in [-0.05, 0) is 68.7 Å². The van der Waals surface area contributed by atoms with E-state index in [1.807, 2.05) is 36.1 Å². The number of nitrogens with one attached hydrogen (secondary N) is 1. The van der Waals surface area contributed by atoms with Crippen molar-refractivity contribution in [2.24, 2.45) is 0 Å². The van der Waals surface area contributed by atoms with Gasteiger partial charge >= 0.3 is 0 Å². The summed E-state index contributed by atoms with van der Waals surface area (Å²) in [6.07, 6.45) is 3.90. The molecule has 0 aromatic heterocycles. The van der Waals surface area contributed by atoms with Gasteiger partial charge in [0.05, 0.1) is 0 Å². The Morgan fingerprint density at radius 1 is 1.00 bits per heavy atom. The maximum absolute atomic E-state index is 12.6. The van der Waals surface area contributed by atoms with E-state index in [1.165, 1.54) is 12.8 Å². The first kappa shape index (κ1) is 19.9. The van der Waals surface area contributed by atoms with Gasteiger partial charge in [-0.2, -0.15) is 0 Å². The summed E-state index contributed by atoms with van der Waals surface area (Å²) in [7, 11) is 0. The third-order valence-electron chi connectivity index (χ3n) is 4.96. The van der Waals surface area contributed by atoms with E-state index in [9.17, 15) is 9.59 Å². The zero-order chi connectivity index (χ0) is 19.9. The molecule has 2 amide bonds. The highest BCUT2D eigenvalue weighted by molar-refractivity contribution is 5.96. The van der Waals surface area contributed by atoms with Crippen LogP contribution < -0.4 is 10.1 Å². The van der Waals surface area contributed by atoms with E-state index in [4.69, 9.17) is 4.74 Å². The van der Waals surface area contributed by atoms with Gasteiger partial charge in [0.15, 0.2) is 6.10 Å². The standard InChI is InChI=1S/C23H28N2O3/c1-17-8-7-9-21(16-17)28-18(2)22(26)24-20-12-10-19(11-13-20)23(27)25-14-5-3-4-6-15-25/h7-13,16,18H,3-6,14-15H2,1-2H3,(H,24,26). The van der Waals surface area contributed by atoms with Crippen molar-refractivity contribution in [1.82, 2.24) is 4.90 Å². The van der Waals surface area contributed by atoms with Gasteiger partial charge in [0.1, 0.15) is 5.75 Å². The maximum Gasteiger partial charge on any atom is 0.265 e.